The Morgan fingerprint density at radius 1 is 1.67 bits per heavy atom. The van der Waals surface area contributed by atoms with Crippen molar-refractivity contribution in [2.75, 3.05) is 0 Å². The van der Waals surface area contributed by atoms with E-state index in [9.17, 15) is 4.79 Å². The third kappa shape index (κ3) is 1.59. The van der Waals surface area contributed by atoms with Crippen molar-refractivity contribution in [1.29, 1.82) is 0 Å². The molecule has 1 rings (SSSR count). The van der Waals surface area contributed by atoms with Crippen molar-refractivity contribution >= 4 is 5.91 Å². The lowest BCUT2D eigenvalue weighted by atomic mass is 10.2. The van der Waals surface area contributed by atoms with E-state index >= 15 is 0 Å². The molecule has 0 atom stereocenters. The minimum Gasteiger partial charge on any atom is -0.287 e. The molecule has 1 amide bonds. The molecule has 0 aromatic carbocycles. The Bertz CT molecular complexity index is 279. The quantitative estimate of drug-likeness (QED) is 0.317. The van der Waals surface area contributed by atoms with E-state index in [2.05, 4.69) is 15.2 Å². The molecule has 1 aromatic heterocycles. The van der Waals surface area contributed by atoms with Gasteiger partial charge >= 0.3 is 5.91 Å². The highest BCUT2D eigenvalue weighted by molar-refractivity contribution is 5.89. The fourth-order valence-electron chi connectivity index (χ4n) is 0.699. The van der Waals surface area contributed by atoms with E-state index < -0.39 is 5.91 Å². The number of hydrogen-bond donors (Lipinski definition) is 3. The molecule has 6 nitrogen and oxygen atoms in total. The Morgan fingerprint density at radius 2 is 2.33 bits per heavy atom. The van der Waals surface area contributed by atoms with Gasteiger partial charge < -0.3 is 0 Å². The summed E-state index contributed by atoms with van der Waals surface area (Å²) in [7, 11) is 0. The second kappa shape index (κ2) is 3.31. The first kappa shape index (κ1) is 8.66. The summed E-state index contributed by atoms with van der Waals surface area (Å²) in [5, 5.41) is 6.32. The van der Waals surface area contributed by atoms with Gasteiger partial charge in [-0.15, -0.1) is 5.10 Å². The third-order valence-corrected chi connectivity index (χ3v) is 1.38. The number of hydrazine groups is 1. The maximum absolute atomic E-state index is 10.9. The largest absolute Gasteiger partial charge is 0.304 e. The minimum absolute atomic E-state index is 0.0706. The van der Waals surface area contributed by atoms with E-state index in [-0.39, 0.29) is 11.7 Å². The molecular weight excluding hydrogens is 158 g/mol. The Morgan fingerprint density at radius 3 is 2.75 bits per heavy atom. The maximum Gasteiger partial charge on any atom is 0.304 e. The van der Waals surface area contributed by atoms with Gasteiger partial charge in [-0.25, -0.2) is 10.8 Å². The summed E-state index contributed by atoms with van der Waals surface area (Å²) in [5.74, 6) is 5.37. The third-order valence-electron chi connectivity index (χ3n) is 1.38. The van der Waals surface area contributed by atoms with Crippen molar-refractivity contribution in [1.82, 2.24) is 20.6 Å². The molecule has 66 valence electrons. The predicted molar refractivity (Wildman–Crippen MR) is 42.1 cm³/mol. The molecule has 0 radical (unpaired) electrons. The van der Waals surface area contributed by atoms with Gasteiger partial charge in [0.1, 0.15) is 5.82 Å². The Hall–Kier alpha value is -1.43. The van der Waals surface area contributed by atoms with E-state index in [1.54, 1.807) is 0 Å². The lowest BCUT2D eigenvalue weighted by molar-refractivity contribution is 0.0943. The van der Waals surface area contributed by atoms with Gasteiger partial charge in [-0.1, -0.05) is 13.8 Å². The van der Waals surface area contributed by atoms with Gasteiger partial charge in [-0.3, -0.25) is 15.3 Å². The second-order valence-corrected chi connectivity index (χ2v) is 2.67. The number of carbonyl (C=O) groups excluding carboxylic acids is 1. The first-order valence-corrected chi connectivity index (χ1v) is 3.58. The molecule has 0 aliphatic rings. The zero-order chi connectivity index (χ0) is 9.14. The van der Waals surface area contributed by atoms with Crippen LogP contribution in [-0.2, 0) is 0 Å². The first-order chi connectivity index (χ1) is 5.65. The topological polar surface area (TPSA) is 96.7 Å². The van der Waals surface area contributed by atoms with Crippen LogP contribution in [0.25, 0.3) is 0 Å². The van der Waals surface area contributed by atoms with Crippen molar-refractivity contribution < 1.29 is 4.79 Å². The van der Waals surface area contributed by atoms with Gasteiger partial charge in [0.15, 0.2) is 0 Å². The lowest BCUT2D eigenvalue weighted by Crippen LogP contribution is -2.30. The number of carbonyl (C=O) groups is 1. The molecule has 0 aliphatic carbocycles. The van der Waals surface area contributed by atoms with Gasteiger partial charge in [0.2, 0.25) is 5.82 Å². The molecule has 1 aromatic rings. The summed E-state index contributed by atoms with van der Waals surface area (Å²) in [6.45, 7) is 3.90. The number of nitrogens with two attached hydrogens (primary N) is 1. The van der Waals surface area contributed by atoms with Crippen LogP contribution in [0.1, 0.15) is 36.2 Å². The van der Waals surface area contributed by atoms with Crippen molar-refractivity contribution in [3.8, 4) is 0 Å². The number of aromatic nitrogens is 3. The van der Waals surface area contributed by atoms with Gasteiger partial charge in [0.25, 0.3) is 0 Å². The van der Waals surface area contributed by atoms with Crippen LogP contribution in [0.2, 0.25) is 0 Å². The molecule has 12 heavy (non-hydrogen) atoms. The number of nitrogens with one attached hydrogen (secondary N) is 2. The Labute approximate surface area is 69.5 Å². The van der Waals surface area contributed by atoms with Gasteiger partial charge in [0, 0.05) is 5.92 Å². The van der Waals surface area contributed by atoms with Crippen molar-refractivity contribution in [3.05, 3.63) is 11.6 Å². The SMILES string of the molecule is CC(C)c1nc(C(=O)NN)n[nH]1. The fraction of sp³-hybridized carbons (Fsp3) is 0.500. The van der Waals surface area contributed by atoms with Crippen LogP contribution >= 0.6 is 0 Å². The van der Waals surface area contributed by atoms with E-state index in [4.69, 9.17) is 5.84 Å². The fourth-order valence-corrected chi connectivity index (χ4v) is 0.699. The van der Waals surface area contributed by atoms with Gasteiger partial charge in [-0.05, 0) is 0 Å². The zero-order valence-electron chi connectivity index (χ0n) is 6.96. The van der Waals surface area contributed by atoms with E-state index in [0.29, 0.717) is 5.82 Å². The lowest BCUT2D eigenvalue weighted by Gasteiger charge is -1.94. The maximum atomic E-state index is 10.9. The second-order valence-electron chi connectivity index (χ2n) is 2.67. The predicted octanol–water partition coefficient (Wildman–Crippen LogP) is -0.468. The van der Waals surface area contributed by atoms with Crippen LogP contribution in [0.5, 0.6) is 0 Å². The molecule has 0 saturated heterocycles. The van der Waals surface area contributed by atoms with Crippen molar-refractivity contribution in [2.24, 2.45) is 5.84 Å². The monoisotopic (exact) mass is 169 g/mol. The highest BCUT2D eigenvalue weighted by Crippen LogP contribution is 2.06. The molecule has 0 saturated carbocycles. The van der Waals surface area contributed by atoms with Crippen LogP contribution in [0.4, 0.5) is 0 Å². The van der Waals surface area contributed by atoms with E-state index in [1.165, 1.54) is 0 Å². The minimum atomic E-state index is -0.488. The summed E-state index contributed by atoms with van der Waals surface area (Å²) in [4.78, 5) is 14.8. The summed E-state index contributed by atoms with van der Waals surface area (Å²) < 4.78 is 0. The number of aromatic amines is 1. The number of nitrogens with zero attached hydrogens (tertiary/aromatic N) is 2. The summed E-state index contributed by atoms with van der Waals surface area (Å²) in [6.07, 6.45) is 0. The Kier molecular flexibility index (Phi) is 2.39. The standard InChI is InChI=1S/C6H11N5O/c1-3(2)4-8-5(11-10-4)6(12)9-7/h3H,7H2,1-2H3,(H,9,12)(H,8,10,11). The molecule has 0 bridgehead atoms. The van der Waals surface area contributed by atoms with E-state index in [1.807, 2.05) is 19.3 Å². The highest BCUT2D eigenvalue weighted by Gasteiger charge is 2.11. The Balaban J connectivity index is 2.84. The summed E-state index contributed by atoms with van der Waals surface area (Å²) >= 11 is 0. The first-order valence-electron chi connectivity index (χ1n) is 3.58. The molecule has 4 N–H and O–H groups in total. The van der Waals surface area contributed by atoms with Crippen LogP contribution in [0, 0.1) is 0 Å². The van der Waals surface area contributed by atoms with Crippen LogP contribution in [0.15, 0.2) is 0 Å². The molecule has 0 unspecified atom stereocenters. The summed E-state index contributed by atoms with van der Waals surface area (Å²) in [6, 6.07) is 0. The molecular formula is C6H11N5O. The number of rotatable bonds is 2. The molecule has 0 fully saturated rings. The number of amides is 1. The number of hydrogen-bond acceptors (Lipinski definition) is 4. The van der Waals surface area contributed by atoms with Crippen LogP contribution < -0.4 is 11.3 Å². The highest BCUT2D eigenvalue weighted by atomic mass is 16.2. The summed E-state index contributed by atoms with van der Waals surface area (Å²) in [5.41, 5.74) is 1.95. The number of nitrogen functional groups attached to an aromatic ring is 1. The van der Waals surface area contributed by atoms with Gasteiger partial charge in [-0.2, -0.15) is 0 Å². The normalized spacial score (nSPS) is 10.3. The smallest absolute Gasteiger partial charge is 0.287 e. The average Bonchev–Trinajstić information content (AvgIpc) is 2.51. The number of H-pyrrole nitrogens is 1. The molecule has 6 heteroatoms. The van der Waals surface area contributed by atoms with Crippen molar-refractivity contribution in [2.45, 2.75) is 19.8 Å². The van der Waals surface area contributed by atoms with E-state index in [0.717, 1.165) is 0 Å². The van der Waals surface area contributed by atoms with Gasteiger partial charge in [0.05, 0.1) is 0 Å². The van der Waals surface area contributed by atoms with Crippen LogP contribution in [-0.4, -0.2) is 21.1 Å². The van der Waals surface area contributed by atoms with Crippen LogP contribution in [0.3, 0.4) is 0 Å². The molecule has 0 spiro atoms. The average molecular weight is 169 g/mol. The van der Waals surface area contributed by atoms with Crippen molar-refractivity contribution in [3.63, 3.8) is 0 Å². The zero-order valence-corrected chi connectivity index (χ0v) is 6.96. The molecule has 0 aliphatic heterocycles. The molecule has 1 heterocycles.